The van der Waals surface area contributed by atoms with Gasteiger partial charge in [-0.3, -0.25) is 0 Å². The number of ether oxygens (including phenoxy) is 1. The minimum atomic E-state index is -4.40. The van der Waals surface area contributed by atoms with Crippen molar-refractivity contribution in [2.75, 3.05) is 7.11 Å². The molecular weight excluding hydrogens is 287 g/mol. The van der Waals surface area contributed by atoms with Gasteiger partial charge in [0.2, 0.25) is 11.7 Å². The van der Waals surface area contributed by atoms with Crippen LogP contribution in [0.2, 0.25) is 0 Å². The molecule has 0 saturated carbocycles. The van der Waals surface area contributed by atoms with E-state index in [-0.39, 0.29) is 11.7 Å². The van der Waals surface area contributed by atoms with Gasteiger partial charge in [0.1, 0.15) is 0 Å². The molecule has 2 rings (SSSR count). The molecule has 1 heterocycles. The zero-order valence-corrected chi connectivity index (χ0v) is 11.3. The lowest BCUT2D eigenvalue weighted by atomic mass is 10.1. The predicted molar refractivity (Wildman–Crippen MR) is 67.7 cm³/mol. The maximum absolute atomic E-state index is 12.5. The Morgan fingerprint density at radius 3 is 2.38 bits per heavy atom. The molecule has 0 aliphatic carbocycles. The number of aryl methyl sites for hydroxylation is 1. The van der Waals surface area contributed by atoms with Crippen LogP contribution in [0, 0.1) is 0 Å². The molecule has 2 aromatic rings. The number of esters is 1. The van der Waals surface area contributed by atoms with Gasteiger partial charge in [0.05, 0.1) is 18.4 Å². The molecule has 0 N–H and O–H groups in total. The van der Waals surface area contributed by atoms with Crippen LogP contribution >= 0.6 is 0 Å². The summed E-state index contributed by atoms with van der Waals surface area (Å²) in [6.07, 6.45) is -3.96. The first-order valence-corrected chi connectivity index (χ1v) is 6.12. The third-order valence-electron chi connectivity index (χ3n) is 2.86. The summed E-state index contributed by atoms with van der Waals surface area (Å²) in [5.41, 5.74) is -0.00804. The minimum Gasteiger partial charge on any atom is -0.463 e. The van der Waals surface area contributed by atoms with Gasteiger partial charge in [-0.15, -0.1) is 0 Å². The van der Waals surface area contributed by atoms with E-state index in [2.05, 4.69) is 9.72 Å². The molecule has 21 heavy (non-hydrogen) atoms. The quantitative estimate of drug-likeness (QED) is 0.811. The lowest BCUT2D eigenvalue weighted by Gasteiger charge is -2.06. The Morgan fingerprint density at radius 1 is 1.29 bits per heavy atom. The zero-order chi connectivity index (χ0) is 15.6. The number of hydrogen-bond acceptors (Lipinski definition) is 4. The van der Waals surface area contributed by atoms with E-state index in [4.69, 9.17) is 4.42 Å². The highest BCUT2D eigenvalue weighted by molar-refractivity contribution is 5.87. The topological polar surface area (TPSA) is 52.3 Å². The van der Waals surface area contributed by atoms with E-state index in [1.54, 1.807) is 6.92 Å². The molecule has 0 bridgehead atoms. The second-order valence-electron chi connectivity index (χ2n) is 4.22. The largest absolute Gasteiger partial charge is 0.463 e. The van der Waals surface area contributed by atoms with Crippen molar-refractivity contribution in [2.24, 2.45) is 0 Å². The number of carbonyl (C=O) groups is 1. The number of hydrogen-bond donors (Lipinski definition) is 0. The third kappa shape index (κ3) is 3.07. The molecule has 0 unspecified atom stereocenters. The fourth-order valence-electron chi connectivity index (χ4n) is 1.77. The Balaban J connectivity index is 2.38. The molecule has 0 spiro atoms. The van der Waals surface area contributed by atoms with Gasteiger partial charge in [-0.1, -0.05) is 6.92 Å². The lowest BCUT2D eigenvalue weighted by molar-refractivity contribution is -0.137. The molecule has 7 heteroatoms. The molecule has 0 amide bonds. The molecule has 112 valence electrons. The molecular formula is C14H12F3NO3. The monoisotopic (exact) mass is 299 g/mol. The van der Waals surface area contributed by atoms with Crippen molar-refractivity contribution in [3.8, 4) is 11.5 Å². The van der Waals surface area contributed by atoms with Gasteiger partial charge >= 0.3 is 12.1 Å². The fourth-order valence-corrected chi connectivity index (χ4v) is 1.77. The fraction of sp³-hybridized carbons (Fsp3) is 0.286. The SMILES string of the molecule is CCc1nc(-c2ccc(C(F)(F)F)cc2)oc1C(=O)OC. The van der Waals surface area contributed by atoms with E-state index in [0.29, 0.717) is 17.7 Å². The number of nitrogens with zero attached hydrogens (tertiary/aromatic N) is 1. The van der Waals surface area contributed by atoms with Crippen molar-refractivity contribution in [3.63, 3.8) is 0 Å². The molecule has 0 radical (unpaired) electrons. The molecule has 0 fully saturated rings. The van der Waals surface area contributed by atoms with E-state index < -0.39 is 17.7 Å². The molecule has 0 aliphatic heterocycles. The first-order chi connectivity index (χ1) is 9.86. The minimum absolute atomic E-state index is 0.0325. The van der Waals surface area contributed by atoms with Crippen LogP contribution in [0.3, 0.4) is 0 Å². The second kappa shape index (κ2) is 5.59. The van der Waals surface area contributed by atoms with Crippen molar-refractivity contribution < 1.29 is 27.1 Å². The summed E-state index contributed by atoms with van der Waals surface area (Å²) in [6.45, 7) is 1.78. The molecule has 4 nitrogen and oxygen atoms in total. The highest BCUT2D eigenvalue weighted by Crippen LogP contribution is 2.31. The standard InChI is InChI=1S/C14H12F3NO3/c1-3-10-11(13(19)20-2)21-12(18-10)8-4-6-9(7-5-8)14(15,16)17/h4-7H,3H2,1-2H3. The van der Waals surface area contributed by atoms with Crippen molar-refractivity contribution in [3.05, 3.63) is 41.3 Å². The normalized spacial score (nSPS) is 11.5. The van der Waals surface area contributed by atoms with Gasteiger partial charge in [-0.05, 0) is 30.7 Å². The van der Waals surface area contributed by atoms with Crippen LogP contribution in [0.1, 0.15) is 28.7 Å². The van der Waals surface area contributed by atoms with Crippen molar-refractivity contribution in [1.29, 1.82) is 0 Å². The van der Waals surface area contributed by atoms with Crippen LogP contribution in [0.25, 0.3) is 11.5 Å². The van der Waals surface area contributed by atoms with Gasteiger partial charge in [-0.2, -0.15) is 13.2 Å². The highest BCUT2D eigenvalue weighted by Gasteiger charge is 2.30. The number of alkyl halides is 3. The van der Waals surface area contributed by atoms with E-state index in [1.165, 1.54) is 19.2 Å². The van der Waals surface area contributed by atoms with E-state index in [1.807, 2.05) is 0 Å². The van der Waals surface area contributed by atoms with Crippen LogP contribution < -0.4 is 0 Å². The van der Waals surface area contributed by atoms with Gasteiger partial charge in [0, 0.05) is 5.56 Å². The number of oxazole rings is 1. The molecule has 0 saturated heterocycles. The van der Waals surface area contributed by atoms with Crippen molar-refractivity contribution >= 4 is 5.97 Å². The number of aromatic nitrogens is 1. The zero-order valence-electron chi connectivity index (χ0n) is 11.3. The van der Waals surface area contributed by atoms with Crippen LogP contribution in [-0.2, 0) is 17.3 Å². The average Bonchev–Trinajstić information content (AvgIpc) is 2.90. The summed E-state index contributed by atoms with van der Waals surface area (Å²) in [5, 5.41) is 0. The van der Waals surface area contributed by atoms with Gasteiger partial charge in [-0.25, -0.2) is 9.78 Å². The smallest absolute Gasteiger partial charge is 0.416 e. The Labute approximate surface area is 118 Å². The summed E-state index contributed by atoms with van der Waals surface area (Å²) in [6, 6.07) is 4.36. The first kappa shape index (κ1) is 15.1. The summed E-state index contributed by atoms with van der Waals surface area (Å²) in [7, 11) is 1.21. The summed E-state index contributed by atoms with van der Waals surface area (Å²) < 4.78 is 47.4. The number of benzene rings is 1. The molecule has 1 aromatic carbocycles. The Kier molecular flexibility index (Phi) is 4.02. The van der Waals surface area contributed by atoms with Crippen LogP contribution in [-0.4, -0.2) is 18.1 Å². The van der Waals surface area contributed by atoms with E-state index in [9.17, 15) is 18.0 Å². The number of methoxy groups -OCH3 is 1. The third-order valence-corrected chi connectivity index (χ3v) is 2.86. The van der Waals surface area contributed by atoms with Gasteiger partial charge in [0.25, 0.3) is 0 Å². The molecule has 1 aromatic heterocycles. The van der Waals surface area contributed by atoms with Crippen LogP contribution in [0.5, 0.6) is 0 Å². The van der Waals surface area contributed by atoms with Crippen LogP contribution in [0.4, 0.5) is 13.2 Å². The Bertz CT molecular complexity index is 644. The maximum Gasteiger partial charge on any atom is 0.416 e. The summed E-state index contributed by atoms with van der Waals surface area (Å²) in [4.78, 5) is 15.6. The molecule has 0 aliphatic rings. The van der Waals surface area contributed by atoms with E-state index >= 15 is 0 Å². The molecule has 0 atom stereocenters. The predicted octanol–water partition coefficient (Wildman–Crippen LogP) is 3.71. The number of carbonyl (C=O) groups excluding carboxylic acids is 1. The van der Waals surface area contributed by atoms with Gasteiger partial charge in [0.15, 0.2) is 0 Å². The second-order valence-corrected chi connectivity index (χ2v) is 4.22. The average molecular weight is 299 g/mol. The lowest BCUT2D eigenvalue weighted by Crippen LogP contribution is -2.03. The Morgan fingerprint density at radius 2 is 1.90 bits per heavy atom. The Hall–Kier alpha value is -2.31. The van der Waals surface area contributed by atoms with Crippen LogP contribution in [0.15, 0.2) is 28.7 Å². The highest BCUT2D eigenvalue weighted by atomic mass is 19.4. The van der Waals surface area contributed by atoms with Crippen molar-refractivity contribution in [2.45, 2.75) is 19.5 Å². The number of rotatable bonds is 3. The van der Waals surface area contributed by atoms with Gasteiger partial charge < -0.3 is 9.15 Å². The van der Waals surface area contributed by atoms with Crippen molar-refractivity contribution in [1.82, 2.24) is 4.98 Å². The first-order valence-electron chi connectivity index (χ1n) is 6.12. The maximum atomic E-state index is 12.5. The number of halogens is 3. The summed E-state index contributed by atoms with van der Waals surface area (Å²) >= 11 is 0. The van der Waals surface area contributed by atoms with E-state index in [0.717, 1.165) is 12.1 Å². The summed E-state index contributed by atoms with van der Waals surface area (Å²) in [5.74, 6) is -0.617.